The Hall–Kier alpha value is -1.51. The number of rotatable bonds is 0. The molecule has 3 nitrogen and oxygen atoms in total. The summed E-state index contributed by atoms with van der Waals surface area (Å²) in [7, 11) is 0. The normalized spacial score (nSPS) is 33.6. The van der Waals surface area contributed by atoms with Crippen LogP contribution in [0.3, 0.4) is 0 Å². The van der Waals surface area contributed by atoms with Crippen LogP contribution >= 0.6 is 0 Å². The molecule has 0 aromatic heterocycles. The summed E-state index contributed by atoms with van der Waals surface area (Å²) < 4.78 is 5.49. The van der Waals surface area contributed by atoms with E-state index < -0.39 is 0 Å². The summed E-state index contributed by atoms with van der Waals surface area (Å²) in [5.74, 6) is 1.16. The summed E-state index contributed by atoms with van der Waals surface area (Å²) in [6, 6.07) is 0. The molecule has 0 bridgehead atoms. The second-order valence-electron chi connectivity index (χ2n) is 3.77. The van der Waals surface area contributed by atoms with Gasteiger partial charge in [0.2, 0.25) is 5.91 Å². The van der Waals surface area contributed by atoms with Gasteiger partial charge in [0.15, 0.2) is 0 Å². The van der Waals surface area contributed by atoms with Crippen molar-refractivity contribution in [3.8, 4) is 0 Å². The first kappa shape index (κ1) is 7.85. The highest BCUT2D eigenvalue weighted by Gasteiger charge is 2.39. The van der Waals surface area contributed by atoms with Crippen molar-refractivity contribution in [1.82, 2.24) is 5.32 Å². The van der Waals surface area contributed by atoms with E-state index >= 15 is 0 Å². The Labute approximate surface area is 82.1 Å². The first-order valence-corrected chi connectivity index (χ1v) is 4.84. The van der Waals surface area contributed by atoms with Crippen LogP contribution in [-0.4, -0.2) is 19.1 Å². The van der Waals surface area contributed by atoms with Gasteiger partial charge < -0.3 is 10.1 Å². The van der Waals surface area contributed by atoms with E-state index in [2.05, 4.69) is 11.4 Å². The zero-order valence-electron chi connectivity index (χ0n) is 7.69. The van der Waals surface area contributed by atoms with Crippen molar-refractivity contribution in [3.05, 3.63) is 35.6 Å². The summed E-state index contributed by atoms with van der Waals surface area (Å²) in [6.45, 7) is 1.32. The van der Waals surface area contributed by atoms with Crippen LogP contribution in [0.1, 0.15) is 0 Å². The molecule has 2 unspecified atom stereocenters. The molecule has 1 aliphatic carbocycles. The highest BCUT2D eigenvalue weighted by molar-refractivity contribution is 5.86. The molecule has 0 saturated carbocycles. The number of nitrogens with one attached hydrogen (secondary N) is 1. The van der Waals surface area contributed by atoms with Gasteiger partial charge in [-0.2, -0.15) is 0 Å². The molecule has 72 valence electrons. The fourth-order valence-corrected chi connectivity index (χ4v) is 2.30. The Morgan fingerprint density at radius 2 is 2.36 bits per heavy atom. The Balaban J connectivity index is 2.05. The number of allylic oxidation sites excluding steroid dienone is 3. The average Bonchev–Trinajstić information content (AvgIpc) is 2.61. The fourth-order valence-electron chi connectivity index (χ4n) is 2.30. The lowest BCUT2D eigenvalue weighted by molar-refractivity contribution is -0.122. The quantitative estimate of drug-likeness (QED) is 0.571. The van der Waals surface area contributed by atoms with Crippen LogP contribution in [0.25, 0.3) is 0 Å². The fraction of sp³-hybridized carbons (Fsp3) is 0.364. The SMILES string of the molecule is O=C1NCC2=CC=C3OCC=CC3C12. The monoisotopic (exact) mass is 189 g/mol. The number of fused-ring (bicyclic) bond motifs is 3. The highest BCUT2D eigenvalue weighted by Crippen LogP contribution is 2.37. The van der Waals surface area contributed by atoms with Crippen LogP contribution in [0, 0.1) is 11.8 Å². The van der Waals surface area contributed by atoms with E-state index in [4.69, 9.17) is 4.74 Å². The summed E-state index contributed by atoms with van der Waals surface area (Å²) in [5.41, 5.74) is 1.18. The molecule has 3 aliphatic rings. The molecule has 3 rings (SSSR count). The molecule has 3 heteroatoms. The topological polar surface area (TPSA) is 38.3 Å². The number of ether oxygens (including phenoxy) is 1. The van der Waals surface area contributed by atoms with Crippen LogP contribution in [0.15, 0.2) is 35.6 Å². The molecule has 0 radical (unpaired) electrons. The first-order valence-electron chi connectivity index (χ1n) is 4.84. The molecular formula is C11H11NO2. The van der Waals surface area contributed by atoms with Crippen molar-refractivity contribution >= 4 is 5.91 Å². The molecule has 1 fully saturated rings. The van der Waals surface area contributed by atoms with Crippen molar-refractivity contribution in [3.63, 3.8) is 0 Å². The molecule has 14 heavy (non-hydrogen) atoms. The molecule has 2 heterocycles. The third-order valence-corrected chi connectivity index (χ3v) is 2.99. The Morgan fingerprint density at radius 1 is 1.43 bits per heavy atom. The van der Waals surface area contributed by atoms with Gasteiger partial charge in [-0.1, -0.05) is 18.2 Å². The predicted octanol–water partition coefficient (Wildman–Crippen LogP) is 0.759. The Kier molecular flexibility index (Phi) is 1.54. The second kappa shape index (κ2) is 2.74. The number of carbonyl (C=O) groups is 1. The minimum atomic E-state index is -0.0217. The van der Waals surface area contributed by atoms with Gasteiger partial charge in [-0.05, 0) is 11.6 Å². The lowest BCUT2D eigenvalue weighted by Gasteiger charge is -2.28. The van der Waals surface area contributed by atoms with E-state index in [-0.39, 0.29) is 17.7 Å². The summed E-state index contributed by atoms with van der Waals surface area (Å²) >= 11 is 0. The molecule has 0 aromatic rings. The highest BCUT2D eigenvalue weighted by atomic mass is 16.5. The molecule has 0 spiro atoms. The maximum atomic E-state index is 11.6. The van der Waals surface area contributed by atoms with E-state index in [1.807, 2.05) is 18.2 Å². The van der Waals surface area contributed by atoms with Gasteiger partial charge in [-0.25, -0.2) is 0 Å². The minimum Gasteiger partial charge on any atom is -0.493 e. The molecule has 2 aliphatic heterocycles. The minimum absolute atomic E-state index is 0.0217. The van der Waals surface area contributed by atoms with Crippen molar-refractivity contribution < 1.29 is 9.53 Å². The van der Waals surface area contributed by atoms with Gasteiger partial charge >= 0.3 is 0 Å². The number of carbonyl (C=O) groups excluding carboxylic acids is 1. The van der Waals surface area contributed by atoms with Gasteiger partial charge in [-0.15, -0.1) is 0 Å². The van der Waals surface area contributed by atoms with Crippen molar-refractivity contribution in [1.29, 1.82) is 0 Å². The van der Waals surface area contributed by atoms with Crippen LogP contribution < -0.4 is 5.32 Å². The van der Waals surface area contributed by atoms with E-state index in [0.29, 0.717) is 13.2 Å². The van der Waals surface area contributed by atoms with Gasteiger partial charge in [0, 0.05) is 6.54 Å². The van der Waals surface area contributed by atoms with Gasteiger partial charge in [-0.3, -0.25) is 4.79 Å². The largest absolute Gasteiger partial charge is 0.493 e. The van der Waals surface area contributed by atoms with Gasteiger partial charge in [0.05, 0.1) is 11.8 Å². The maximum Gasteiger partial charge on any atom is 0.228 e. The zero-order valence-corrected chi connectivity index (χ0v) is 7.69. The number of hydrogen-bond acceptors (Lipinski definition) is 2. The van der Waals surface area contributed by atoms with E-state index in [1.54, 1.807) is 0 Å². The third kappa shape index (κ3) is 0.953. The van der Waals surface area contributed by atoms with Crippen LogP contribution in [0.4, 0.5) is 0 Å². The molecule has 1 saturated heterocycles. The molecule has 1 N–H and O–H groups in total. The molecule has 1 amide bonds. The van der Waals surface area contributed by atoms with Crippen LogP contribution in [-0.2, 0) is 9.53 Å². The molecular weight excluding hydrogens is 178 g/mol. The lowest BCUT2D eigenvalue weighted by atomic mass is 9.81. The smallest absolute Gasteiger partial charge is 0.228 e. The molecule has 0 aromatic carbocycles. The number of amides is 1. The van der Waals surface area contributed by atoms with E-state index in [9.17, 15) is 4.79 Å². The van der Waals surface area contributed by atoms with Crippen LogP contribution in [0.5, 0.6) is 0 Å². The first-order chi connectivity index (χ1) is 6.86. The van der Waals surface area contributed by atoms with E-state index in [0.717, 1.165) is 5.76 Å². The van der Waals surface area contributed by atoms with Crippen LogP contribution in [0.2, 0.25) is 0 Å². The predicted molar refractivity (Wildman–Crippen MR) is 51.2 cm³/mol. The number of hydrogen-bond donors (Lipinski definition) is 1. The summed E-state index contributed by atoms with van der Waals surface area (Å²) in [4.78, 5) is 11.6. The lowest BCUT2D eigenvalue weighted by Crippen LogP contribution is -2.29. The second-order valence-corrected chi connectivity index (χ2v) is 3.77. The zero-order chi connectivity index (χ0) is 9.54. The summed E-state index contributed by atoms with van der Waals surface area (Å²) in [5, 5.41) is 2.86. The average molecular weight is 189 g/mol. The third-order valence-electron chi connectivity index (χ3n) is 2.99. The maximum absolute atomic E-state index is 11.6. The van der Waals surface area contributed by atoms with Crippen molar-refractivity contribution in [2.75, 3.05) is 13.2 Å². The molecule has 2 atom stereocenters. The Morgan fingerprint density at radius 3 is 3.29 bits per heavy atom. The van der Waals surface area contributed by atoms with Crippen molar-refractivity contribution in [2.24, 2.45) is 11.8 Å². The van der Waals surface area contributed by atoms with E-state index in [1.165, 1.54) is 5.57 Å². The summed E-state index contributed by atoms with van der Waals surface area (Å²) in [6.07, 6.45) is 8.06. The standard InChI is InChI=1S/C11H11NO2/c13-11-10-7(6-12-11)3-4-9-8(10)2-1-5-14-9/h1-4,8,10H,5-6H2,(H,12,13). The van der Waals surface area contributed by atoms with Gasteiger partial charge in [0.25, 0.3) is 0 Å². The Bertz CT molecular complexity index is 369. The van der Waals surface area contributed by atoms with Gasteiger partial charge in [0.1, 0.15) is 12.4 Å². The van der Waals surface area contributed by atoms with Crippen molar-refractivity contribution in [2.45, 2.75) is 0 Å².